The predicted octanol–water partition coefficient (Wildman–Crippen LogP) is 1.73. The van der Waals surface area contributed by atoms with E-state index in [1.54, 1.807) is 0 Å². The highest BCUT2D eigenvalue weighted by Gasteiger charge is 2.16. The van der Waals surface area contributed by atoms with Crippen LogP contribution in [0.5, 0.6) is 11.5 Å². The molecule has 1 fully saturated rings. The Bertz CT molecular complexity index is 403. The van der Waals surface area contributed by atoms with Crippen LogP contribution < -0.4 is 14.8 Å². The molecule has 1 atom stereocenters. The second-order valence-electron chi connectivity index (χ2n) is 5.01. The average Bonchev–Trinajstić information content (AvgIpc) is 2.95. The van der Waals surface area contributed by atoms with Crippen LogP contribution >= 0.6 is 0 Å². The van der Waals surface area contributed by atoms with Crippen LogP contribution in [0.4, 0.5) is 0 Å². The van der Waals surface area contributed by atoms with Crippen LogP contribution in [0.1, 0.15) is 32.3 Å². The Hall–Kier alpha value is -1.26. The number of hydrogen-bond acceptors (Lipinski definition) is 3. The van der Waals surface area contributed by atoms with Gasteiger partial charge in [-0.3, -0.25) is 0 Å². The van der Waals surface area contributed by atoms with E-state index in [0.717, 1.165) is 31.2 Å². The van der Waals surface area contributed by atoms with Crippen molar-refractivity contribution in [2.75, 3.05) is 26.4 Å². The van der Waals surface area contributed by atoms with Crippen LogP contribution in [0, 0.1) is 0 Å². The molecule has 112 valence electrons. The van der Waals surface area contributed by atoms with Gasteiger partial charge in [0.25, 0.3) is 0 Å². The molecule has 4 heteroatoms. The molecule has 1 aliphatic heterocycles. The lowest BCUT2D eigenvalue weighted by molar-refractivity contribution is -0.676. The molecule has 1 aromatic carbocycles. The molecule has 0 bridgehead atoms. The van der Waals surface area contributed by atoms with E-state index in [1.165, 1.54) is 18.4 Å². The molecule has 2 N–H and O–H groups in total. The van der Waals surface area contributed by atoms with Gasteiger partial charge in [0.2, 0.25) is 0 Å². The van der Waals surface area contributed by atoms with E-state index in [0.29, 0.717) is 19.3 Å². The van der Waals surface area contributed by atoms with E-state index in [9.17, 15) is 0 Å². The molecule has 0 saturated carbocycles. The molecule has 0 unspecified atom stereocenters. The number of benzene rings is 1. The van der Waals surface area contributed by atoms with E-state index in [4.69, 9.17) is 14.2 Å². The Morgan fingerprint density at radius 2 is 2.00 bits per heavy atom. The summed E-state index contributed by atoms with van der Waals surface area (Å²) in [6.45, 7) is 8.21. The fourth-order valence-corrected chi connectivity index (χ4v) is 2.49. The van der Waals surface area contributed by atoms with E-state index in [1.807, 2.05) is 19.9 Å². The van der Waals surface area contributed by atoms with Crippen molar-refractivity contribution < 1.29 is 19.5 Å². The van der Waals surface area contributed by atoms with Gasteiger partial charge in [-0.2, -0.15) is 0 Å². The van der Waals surface area contributed by atoms with Gasteiger partial charge in [-0.25, -0.2) is 0 Å². The summed E-state index contributed by atoms with van der Waals surface area (Å²) in [5.41, 5.74) is 1.26. The molecule has 0 amide bonds. The normalized spacial score (nSPS) is 18.2. The summed E-state index contributed by atoms with van der Waals surface area (Å²) < 4.78 is 16.8. The standard InChI is InChI=1S/C16H25NO3/c1-3-18-15-8-7-13(10-16(15)19-4-2)11-17-12-14-6-5-9-20-14/h7-8,10,14,17H,3-6,9,11-12H2,1-2H3/p+1/t14-/m0/s1. The van der Waals surface area contributed by atoms with Gasteiger partial charge in [-0.05, 0) is 44.9 Å². The molecule has 20 heavy (non-hydrogen) atoms. The molecule has 0 spiro atoms. The predicted molar refractivity (Wildman–Crippen MR) is 78.3 cm³/mol. The van der Waals surface area contributed by atoms with Gasteiger partial charge in [0.1, 0.15) is 19.2 Å². The zero-order valence-corrected chi connectivity index (χ0v) is 12.6. The molecular formula is C16H26NO3+. The molecule has 1 aliphatic rings. The van der Waals surface area contributed by atoms with Gasteiger partial charge in [-0.15, -0.1) is 0 Å². The van der Waals surface area contributed by atoms with Crippen molar-refractivity contribution in [3.8, 4) is 11.5 Å². The molecule has 4 nitrogen and oxygen atoms in total. The van der Waals surface area contributed by atoms with Crippen molar-refractivity contribution in [3.05, 3.63) is 23.8 Å². The molecule has 0 aromatic heterocycles. The summed E-state index contributed by atoms with van der Waals surface area (Å²) in [5, 5.41) is 2.31. The van der Waals surface area contributed by atoms with E-state index in [2.05, 4.69) is 17.4 Å². The average molecular weight is 280 g/mol. The minimum Gasteiger partial charge on any atom is -0.490 e. The van der Waals surface area contributed by atoms with Crippen LogP contribution in [0.2, 0.25) is 0 Å². The number of rotatable bonds is 8. The van der Waals surface area contributed by atoms with E-state index >= 15 is 0 Å². The van der Waals surface area contributed by atoms with Crippen LogP contribution in [-0.2, 0) is 11.3 Å². The van der Waals surface area contributed by atoms with Gasteiger partial charge < -0.3 is 19.5 Å². The van der Waals surface area contributed by atoms with Crippen molar-refractivity contribution >= 4 is 0 Å². The summed E-state index contributed by atoms with van der Waals surface area (Å²) in [6.07, 6.45) is 2.84. The van der Waals surface area contributed by atoms with Crippen molar-refractivity contribution in [1.29, 1.82) is 0 Å². The third-order valence-corrected chi connectivity index (χ3v) is 3.44. The largest absolute Gasteiger partial charge is 0.490 e. The molecule has 2 rings (SSSR count). The minimum absolute atomic E-state index is 0.434. The quantitative estimate of drug-likeness (QED) is 0.788. The summed E-state index contributed by atoms with van der Waals surface area (Å²) >= 11 is 0. The maximum absolute atomic E-state index is 5.65. The monoisotopic (exact) mass is 280 g/mol. The number of quaternary nitrogens is 1. The first kappa shape index (κ1) is 15.1. The zero-order valence-electron chi connectivity index (χ0n) is 12.6. The van der Waals surface area contributed by atoms with Gasteiger partial charge in [0.05, 0.1) is 13.2 Å². The highest BCUT2D eigenvalue weighted by Crippen LogP contribution is 2.28. The smallest absolute Gasteiger partial charge is 0.161 e. The maximum atomic E-state index is 5.65. The lowest BCUT2D eigenvalue weighted by atomic mass is 10.2. The first-order chi connectivity index (χ1) is 9.83. The lowest BCUT2D eigenvalue weighted by Crippen LogP contribution is -2.84. The number of hydrogen-bond donors (Lipinski definition) is 1. The highest BCUT2D eigenvalue weighted by atomic mass is 16.5. The third-order valence-electron chi connectivity index (χ3n) is 3.44. The van der Waals surface area contributed by atoms with Crippen LogP contribution in [-0.4, -0.2) is 32.5 Å². The first-order valence-corrected chi connectivity index (χ1v) is 7.65. The minimum atomic E-state index is 0.434. The summed E-state index contributed by atoms with van der Waals surface area (Å²) in [6, 6.07) is 6.20. The molecule has 0 radical (unpaired) electrons. The fourth-order valence-electron chi connectivity index (χ4n) is 2.49. The molecule has 1 aromatic rings. The molecule has 1 heterocycles. The van der Waals surface area contributed by atoms with Crippen molar-refractivity contribution in [2.24, 2.45) is 0 Å². The van der Waals surface area contributed by atoms with Crippen molar-refractivity contribution in [3.63, 3.8) is 0 Å². The topological polar surface area (TPSA) is 44.3 Å². The Labute approximate surface area is 121 Å². The van der Waals surface area contributed by atoms with Crippen LogP contribution in [0.25, 0.3) is 0 Å². The zero-order chi connectivity index (χ0) is 14.2. The lowest BCUT2D eigenvalue weighted by Gasteiger charge is -2.12. The second kappa shape index (κ2) is 8.12. The first-order valence-electron chi connectivity index (χ1n) is 7.65. The molecule has 1 saturated heterocycles. The van der Waals surface area contributed by atoms with Gasteiger partial charge in [-0.1, -0.05) is 0 Å². The Balaban J connectivity index is 1.88. The fraction of sp³-hybridized carbons (Fsp3) is 0.625. The van der Waals surface area contributed by atoms with Crippen LogP contribution in [0.3, 0.4) is 0 Å². The molecule has 0 aliphatic carbocycles. The second-order valence-corrected chi connectivity index (χ2v) is 5.01. The summed E-state index contributed by atoms with van der Waals surface area (Å²) in [5.74, 6) is 1.68. The summed E-state index contributed by atoms with van der Waals surface area (Å²) in [4.78, 5) is 0. The Morgan fingerprint density at radius 1 is 1.20 bits per heavy atom. The maximum Gasteiger partial charge on any atom is 0.161 e. The van der Waals surface area contributed by atoms with Gasteiger partial charge >= 0.3 is 0 Å². The van der Waals surface area contributed by atoms with Crippen molar-refractivity contribution in [2.45, 2.75) is 39.3 Å². The van der Waals surface area contributed by atoms with E-state index in [-0.39, 0.29) is 0 Å². The Kier molecular flexibility index (Phi) is 6.15. The Morgan fingerprint density at radius 3 is 2.70 bits per heavy atom. The third kappa shape index (κ3) is 4.39. The highest BCUT2D eigenvalue weighted by molar-refractivity contribution is 5.42. The van der Waals surface area contributed by atoms with E-state index < -0.39 is 0 Å². The molecular weight excluding hydrogens is 254 g/mol. The van der Waals surface area contributed by atoms with Crippen molar-refractivity contribution in [1.82, 2.24) is 0 Å². The number of ether oxygens (including phenoxy) is 3. The number of nitrogens with two attached hydrogens (primary N) is 1. The summed E-state index contributed by atoms with van der Waals surface area (Å²) in [7, 11) is 0. The van der Waals surface area contributed by atoms with Gasteiger partial charge in [0, 0.05) is 12.2 Å². The SMILES string of the molecule is CCOc1ccc(C[NH2+]C[C@@H]2CCCO2)cc1OCC. The van der Waals surface area contributed by atoms with Crippen LogP contribution in [0.15, 0.2) is 18.2 Å². The van der Waals surface area contributed by atoms with Gasteiger partial charge in [0.15, 0.2) is 11.5 Å².